The summed E-state index contributed by atoms with van der Waals surface area (Å²) in [4.78, 5) is 65.0. The van der Waals surface area contributed by atoms with Crippen molar-refractivity contribution in [2.24, 2.45) is 13.0 Å². The number of aliphatic hydroxyl groups is 1. The number of fused-ring (bicyclic) bond motifs is 1. The largest absolute Gasteiger partial charge is 0.388 e. The molecule has 2 amide bonds. The molecule has 0 spiro atoms. The number of hydrogen-bond donors (Lipinski definition) is 1. The van der Waals surface area contributed by atoms with Gasteiger partial charge in [-0.2, -0.15) is 0 Å². The maximum atomic E-state index is 14.1. The van der Waals surface area contributed by atoms with E-state index in [2.05, 4.69) is 9.97 Å². The van der Waals surface area contributed by atoms with E-state index in [0.717, 1.165) is 16.9 Å². The average Bonchev–Trinajstić information content (AvgIpc) is 3.74. The monoisotopic (exact) mass is 681 g/mol. The summed E-state index contributed by atoms with van der Waals surface area (Å²) in [6, 6.07) is 16.1. The molecule has 6 heterocycles. The van der Waals surface area contributed by atoms with E-state index in [9.17, 15) is 29.6 Å². The van der Waals surface area contributed by atoms with Crippen LogP contribution in [0.25, 0.3) is 21.5 Å². The number of aryl methyl sites for hydroxylation is 1. The van der Waals surface area contributed by atoms with E-state index >= 15 is 0 Å². The van der Waals surface area contributed by atoms with Crippen molar-refractivity contribution in [3.63, 3.8) is 0 Å². The van der Waals surface area contributed by atoms with Crippen LogP contribution in [-0.4, -0.2) is 82.5 Å². The third-order valence-corrected chi connectivity index (χ3v) is 11.0. The van der Waals surface area contributed by atoms with Crippen LogP contribution in [0, 0.1) is 16.0 Å². The van der Waals surface area contributed by atoms with Crippen LogP contribution in [0.5, 0.6) is 0 Å². The van der Waals surface area contributed by atoms with Crippen molar-refractivity contribution < 1.29 is 19.6 Å². The van der Waals surface area contributed by atoms with Crippen molar-refractivity contribution in [2.45, 2.75) is 37.3 Å². The number of piperidine rings is 2. The second kappa shape index (κ2) is 13.0. The summed E-state index contributed by atoms with van der Waals surface area (Å²) in [7, 11) is 1.82. The molecule has 0 unspecified atom stereocenters. The highest BCUT2D eigenvalue weighted by Crippen LogP contribution is 2.40. The van der Waals surface area contributed by atoms with Crippen molar-refractivity contribution in [3.05, 3.63) is 110 Å². The summed E-state index contributed by atoms with van der Waals surface area (Å²) < 4.78 is 3.22. The molecule has 13 nitrogen and oxygen atoms in total. The fraction of sp³-hybridized carbons (Fsp3) is 0.343. The number of nitrogens with zero attached hydrogens (tertiary/aromatic N) is 7. The van der Waals surface area contributed by atoms with Crippen LogP contribution in [0.4, 0.5) is 5.69 Å². The van der Waals surface area contributed by atoms with Gasteiger partial charge in [-0.15, -0.1) is 11.3 Å². The van der Waals surface area contributed by atoms with Crippen molar-refractivity contribution in [1.29, 1.82) is 0 Å². The minimum atomic E-state index is -1.17. The molecule has 2 saturated heterocycles. The van der Waals surface area contributed by atoms with Gasteiger partial charge in [0.05, 0.1) is 27.3 Å². The third-order valence-electron chi connectivity index (χ3n) is 9.83. The number of benzene rings is 1. The maximum absolute atomic E-state index is 14.1. The molecule has 1 aromatic carbocycles. The molecule has 252 valence electrons. The summed E-state index contributed by atoms with van der Waals surface area (Å²) in [5.41, 5.74) is 0.626. The number of rotatable bonds is 7. The standard InChI is InChI=1S/C35H35N7O6S/c1-38-15-9-26-31(38)37-22-41(33(26)44)21-35(46)11-17-39(18-12-35)32(43)25-10-16-40(20-27(25)23-5-3-2-4-6-23)34(45)29-19-28(42(47)48)30(49-29)24-7-13-36-14-8-24/h2-9,13-15,19,22,25,27,46H,10-12,16-18,20-21H2,1H3/t25-,27+/m1/s1. The Bertz CT molecular complexity index is 2090. The highest BCUT2D eigenvalue weighted by molar-refractivity contribution is 7.18. The summed E-state index contributed by atoms with van der Waals surface area (Å²) in [6.07, 6.45) is 7.39. The topological polar surface area (TPSA) is 157 Å². The van der Waals surface area contributed by atoms with Crippen LogP contribution < -0.4 is 5.56 Å². The Balaban J connectivity index is 1.07. The van der Waals surface area contributed by atoms with E-state index in [0.29, 0.717) is 60.4 Å². The van der Waals surface area contributed by atoms with Crippen LogP contribution in [0.15, 0.2) is 84.3 Å². The molecule has 2 atom stereocenters. The van der Waals surface area contributed by atoms with E-state index in [4.69, 9.17) is 0 Å². The summed E-state index contributed by atoms with van der Waals surface area (Å²) >= 11 is 1.09. The molecule has 0 bridgehead atoms. The van der Waals surface area contributed by atoms with Gasteiger partial charge in [-0.1, -0.05) is 30.3 Å². The minimum Gasteiger partial charge on any atom is -0.388 e. The number of aromatic nitrogens is 4. The van der Waals surface area contributed by atoms with Gasteiger partial charge in [0.15, 0.2) is 0 Å². The first kappa shape index (κ1) is 32.3. The van der Waals surface area contributed by atoms with Gasteiger partial charge in [-0.3, -0.25) is 34.0 Å². The molecule has 1 N–H and O–H groups in total. The lowest BCUT2D eigenvalue weighted by atomic mass is 9.79. The summed E-state index contributed by atoms with van der Waals surface area (Å²) in [6.45, 7) is 1.36. The van der Waals surface area contributed by atoms with E-state index < -0.39 is 16.4 Å². The second-order valence-electron chi connectivity index (χ2n) is 12.9. The van der Waals surface area contributed by atoms with Crippen LogP contribution in [0.1, 0.15) is 40.4 Å². The molecule has 49 heavy (non-hydrogen) atoms. The lowest BCUT2D eigenvalue weighted by molar-refractivity contribution is -0.383. The first-order valence-corrected chi connectivity index (χ1v) is 17.0. The van der Waals surface area contributed by atoms with Gasteiger partial charge in [0.1, 0.15) is 16.9 Å². The number of carbonyl (C=O) groups excluding carboxylic acids is 2. The van der Waals surface area contributed by atoms with E-state index in [1.165, 1.54) is 17.0 Å². The Labute approximate surface area is 285 Å². The highest BCUT2D eigenvalue weighted by Gasteiger charge is 2.42. The number of carbonyl (C=O) groups is 2. The first-order chi connectivity index (χ1) is 23.6. The molecule has 7 rings (SSSR count). The second-order valence-corrected chi connectivity index (χ2v) is 13.9. The molecular weight excluding hydrogens is 646 g/mol. The molecule has 2 aliphatic heterocycles. The van der Waals surface area contributed by atoms with Gasteiger partial charge in [0, 0.05) is 75.3 Å². The van der Waals surface area contributed by atoms with Gasteiger partial charge in [0.2, 0.25) is 5.91 Å². The Hall–Kier alpha value is -5.21. The van der Waals surface area contributed by atoms with Crippen molar-refractivity contribution in [3.8, 4) is 10.4 Å². The molecule has 0 saturated carbocycles. The van der Waals surface area contributed by atoms with Gasteiger partial charge in [-0.05, 0) is 43.0 Å². The zero-order valence-electron chi connectivity index (χ0n) is 26.8. The predicted molar refractivity (Wildman–Crippen MR) is 183 cm³/mol. The molecule has 14 heteroatoms. The maximum Gasteiger partial charge on any atom is 0.288 e. The van der Waals surface area contributed by atoms with E-state index in [1.807, 2.05) is 37.4 Å². The SMILES string of the molecule is Cn1ccc2c(=O)n(CC3(O)CCN(C(=O)[C@@H]4CCN(C(=O)c5cc([N+](=O)[O-])c(-c6ccncc6)s5)C[C@H]4c4ccccc4)CC3)cnc21. The highest BCUT2D eigenvalue weighted by atomic mass is 32.1. The quantitative estimate of drug-likeness (QED) is 0.199. The molecule has 2 aliphatic rings. The average molecular weight is 682 g/mol. The normalized spacial score (nSPS) is 19.2. The first-order valence-electron chi connectivity index (χ1n) is 16.2. The van der Waals surface area contributed by atoms with Crippen LogP contribution in [0.2, 0.25) is 0 Å². The van der Waals surface area contributed by atoms with E-state index in [1.54, 1.807) is 51.2 Å². The lowest BCUT2D eigenvalue weighted by Crippen LogP contribution is -2.53. The Morgan fingerprint density at radius 2 is 1.80 bits per heavy atom. The molecule has 5 aromatic rings. The van der Waals surface area contributed by atoms with Crippen molar-refractivity contribution >= 4 is 39.9 Å². The van der Waals surface area contributed by atoms with Gasteiger partial charge in [0.25, 0.3) is 17.2 Å². The Morgan fingerprint density at radius 3 is 2.51 bits per heavy atom. The zero-order chi connectivity index (χ0) is 34.3. The van der Waals surface area contributed by atoms with Crippen LogP contribution in [-0.2, 0) is 18.4 Å². The Morgan fingerprint density at radius 1 is 1.06 bits per heavy atom. The fourth-order valence-electron chi connectivity index (χ4n) is 7.10. The summed E-state index contributed by atoms with van der Waals surface area (Å²) in [5.74, 6) is -1.01. The van der Waals surface area contributed by atoms with Gasteiger partial charge < -0.3 is 19.5 Å². The third kappa shape index (κ3) is 6.24. The number of amides is 2. The number of thiophene rings is 1. The number of pyridine rings is 1. The van der Waals surface area contributed by atoms with Crippen LogP contribution >= 0.6 is 11.3 Å². The summed E-state index contributed by atoms with van der Waals surface area (Å²) in [5, 5.41) is 23.9. The van der Waals surface area contributed by atoms with E-state index in [-0.39, 0.29) is 46.9 Å². The molecule has 2 fully saturated rings. The zero-order valence-corrected chi connectivity index (χ0v) is 27.7. The van der Waals surface area contributed by atoms with Crippen molar-refractivity contribution in [1.82, 2.24) is 28.9 Å². The molecule has 0 aliphatic carbocycles. The lowest BCUT2D eigenvalue weighted by Gasteiger charge is -2.43. The molecule has 4 aromatic heterocycles. The number of nitro groups is 1. The smallest absolute Gasteiger partial charge is 0.288 e. The molecular formula is C35H35N7O6S. The Kier molecular flexibility index (Phi) is 8.59. The van der Waals surface area contributed by atoms with Crippen molar-refractivity contribution in [2.75, 3.05) is 26.2 Å². The minimum absolute atomic E-state index is 0.0284. The fourth-order valence-corrected chi connectivity index (χ4v) is 8.20. The predicted octanol–water partition coefficient (Wildman–Crippen LogP) is 4.07. The van der Waals surface area contributed by atoms with Gasteiger partial charge >= 0.3 is 0 Å². The number of likely N-dealkylation sites (tertiary alicyclic amines) is 2. The van der Waals surface area contributed by atoms with Crippen LogP contribution in [0.3, 0.4) is 0 Å². The molecule has 0 radical (unpaired) electrons. The number of hydrogen-bond acceptors (Lipinski definition) is 9. The van der Waals surface area contributed by atoms with Gasteiger partial charge in [-0.25, -0.2) is 4.98 Å².